The lowest BCUT2D eigenvalue weighted by Gasteiger charge is -2.36. The van der Waals surface area contributed by atoms with Gasteiger partial charge in [-0.2, -0.15) is 0 Å². The Hall–Kier alpha value is -1.35. The van der Waals surface area contributed by atoms with Crippen LogP contribution in [-0.4, -0.2) is 26.6 Å². The predicted molar refractivity (Wildman–Crippen MR) is 141 cm³/mol. The van der Waals surface area contributed by atoms with Gasteiger partial charge in [-0.05, 0) is 74.4 Å². The van der Waals surface area contributed by atoms with Gasteiger partial charge in [0.1, 0.15) is 0 Å². The molecule has 2 heterocycles. The van der Waals surface area contributed by atoms with Gasteiger partial charge in [0.15, 0.2) is 16.6 Å². The van der Waals surface area contributed by atoms with Crippen molar-refractivity contribution in [3.8, 4) is 11.4 Å². The van der Waals surface area contributed by atoms with E-state index in [1.54, 1.807) is 0 Å². The first kappa shape index (κ1) is 26.9. The minimum absolute atomic E-state index is 0.0519. The third kappa shape index (κ3) is 7.90. The second-order valence-corrected chi connectivity index (χ2v) is 21.8. The monoisotopic (exact) mass is 472 g/mol. The second-order valence-electron chi connectivity index (χ2n) is 12.8. The summed E-state index contributed by atoms with van der Waals surface area (Å²) in [6.45, 7) is 26.7. The zero-order valence-corrected chi connectivity index (χ0v) is 24.3. The van der Waals surface area contributed by atoms with Gasteiger partial charge >= 0.3 is 0 Å². The van der Waals surface area contributed by atoms with E-state index in [0.29, 0.717) is 0 Å². The Labute approximate surface area is 198 Å². The third-order valence-electron chi connectivity index (χ3n) is 4.86. The molecule has 2 atom stereocenters. The Morgan fingerprint density at radius 1 is 0.594 bits per heavy atom. The van der Waals surface area contributed by atoms with Gasteiger partial charge in [-0.3, -0.25) is 0 Å². The molecule has 0 saturated heterocycles. The fourth-order valence-corrected chi connectivity index (χ4v) is 5.91. The van der Waals surface area contributed by atoms with E-state index in [4.69, 9.17) is 18.8 Å². The van der Waals surface area contributed by atoms with Crippen molar-refractivity contribution in [3.63, 3.8) is 0 Å². The van der Waals surface area contributed by atoms with Gasteiger partial charge in [0.2, 0.25) is 0 Å². The van der Waals surface area contributed by atoms with E-state index in [0.717, 1.165) is 22.8 Å². The molecule has 0 N–H and O–H groups in total. The van der Waals surface area contributed by atoms with Crippen molar-refractivity contribution in [3.05, 3.63) is 47.8 Å². The van der Waals surface area contributed by atoms with E-state index < -0.39 is 16.6 Å². The van der Waals surface area contributed by atoms with Crippen molar-refractivity contribution in [2.24, 2.45) is 10.8 Å². The standard InChI is InChI=1S/C26H44N2O2Si2/c1-25(2,3)23(29-31(7,8)9)21-17-13-15-19(27-21)20-16-14-18-22(28-20)24(26(4,5)6)30-32(10,11)12/h13-18,23-24H,1-12H3/t23-,24-/m1/s1. The lowest BCUT2D eigenvalue weighted by atomic mass is 9.86. The molecule has 0 aromatic carbocycles. The van der Waals surface area contributed by atoms with Crippen molar-refractivity contribution in [2.75, 3.05) is 0 Å². The molecule has 6 heteroatoms. The molecule has 178 valence electrons. The largest absolute Gasteiger partial charge is 0.409 e. The maximum Gasteiger partial charge on any atom is 0.184 e. The number of pyridine rings is 2. The molecule has 2 rings (SSSR count). The summed E-state index contributed by atoms with van der Waals surface area (Å²) in [4.78, 5) is 10.1. The van der Waals surface area contributed by atoms with Gasteiger partial charge in [0, 0.05) is 0 Å². The molecule has 0 spiro atoms. The highest BCUT2D eigenvalue weighted by Crippen LogP contribution is 2.39. The van der Waals surface area contributed by atoms with E-state index in [1.165, 1.54) is 0 Å². The number of aromatic nitrogens is 2. The topological polar surface area (TPSA) is 44.2 Å². The molecule has 2 aromatic rings. The van der Waals surface area contributed by atoms with E-state index in [9.17, 15) is 0 Å². The molecule has 0 bridgehead atoms. The van der Waals surface area contributed by atoms with E-state index in [2.05, 4.69) is 105 Å². The van der Waals surface area contributed by atoms with Crippen LogP contribution in [0.5, 0.6) is 0 Å². The Morgan fingerprint density at radius 3 is 1.16 bits per heavy atom. The zero-order chi connectivity index (χ0) is 24.5. The Bertz CT molecular complexity index is 828. The SMILES string of the molecule is CC(C)(C)[C@H](O[Si](C)(C)C)c1cccc(-c2cccc([C@@H](O[Si](C)(C)C)C(C)(C)C)n2)n1. The Balaban J connectivity index is 2.50. The Kier molecular flexibility index (Phi) is 7.98. The summed E-state index contributed by atoms with van der Waals surface area (Å²) in [5.41, 5.74) is 3.58. The van der Waals surface area contributed by atoms with Crippen molar-refractivity contribution in [2.45, 2.75) is 93.0 Å². The lowest BCUT2D eigenvalue weighted by molar-refractivity contribution is 0.0758. The molecule has 4 nitrogen and oxygen atoms in total. The van der Waals surface area contributed by atoms with Crippen LogP contribution in [0.4, 0.5) is 0 Å². The molecule has 0 radical (unpaired) electrons. The molecular formula is C26H44N2O2Si2. The van der Waals surface area contributed by atoms with Crippen molar-refractivity contribution >= 4 is 16.6 Å². The highest BCUT2D eigenvalue weighted by atomic mass is 28.4. The molecule has 0 aliphatic carbocycles. The quantitative estimate of drug-likeness (QED) is 0.383. The Morgan fingerprint density at radius 2 is 0.906 bits per heavy atom. The van der Waals surface area contributed by atoms with Crippen LogP contribution in [0.15, 0.2) is 36.4 Å². The number of nitrogens with zero attached hydrogens (tertiary/aromatic N) is 2. The summed E-state index contributed by atoms with van der Waals surface area (Å²) >= 11 is 0. The van der Waals surface area contributed by atoms with E-state index in [-0.39, 0.29) is 23.0 Å². The van der Waals surface area contributed by atoms with Crippen LogP contribution in [0.3, 0.4) is 0 Å². The van der Waals surface area contributed by atoms with Crippen molar-refractivity contribution in [1.29, 1.82) is 0 Å². The van der Waals surface area contributed by atoms with Gasteiger partial charge in [-0.1, -0.05) is 53.7 Å². The smallest absolute Gasteiger partial charge is 0.184 e. The summed E-state index contributed by atoms with van der Waals surface area (Å²) in [5, 5.41) is 0. The molecule has 32 heavy (non-hydrogen) atoms. The maximum absolute atomic E-state index is 6.58. The highest BCUT2D eigenvalue weighted by molar-refractivity contribution is 6.70. The number of hydrogen-bond donors (Lipinski definition) is 0. The number of hydrogen-bond acceptors (Lipinski definition) is 4. The summed E-state index contributed by atoms with van der Waals surface area (Å²) in [6, 6.07) is 12.4. The van der Waals surface area contributed by atoms with Crippen LogP contribution in [0, 0.1) is 10.8 Å². The molecular weight excluding hydrogens is 428 g/mol. The van der Waals surface area contributed by atoms with Gasteiger partial charge in [0.25, 0.3) is 0 Å². The summed E-state index contributed by atoms with van der Waals surface area (Å²) in [7, 11) is -3.49. The van der Waals surface area contributed by atoms with Gasteiger partial charge in [0.05, 0.1) is 35.0 Å². The maximum atomic E-state index is 6.58. The molecule has 0 fully saturated rings. The van der Waals surface area contributed by atoms with Gasteiger partial charge < -0.3 is 8.85 Å². The molecule has 0 amide bonds. The molecule has 2 aromatic heterocycles. The first-order chi connectivity index (χ1) is 14.4. The van der Waals surface area contributed by atoms with Crippen LogP contribution in [0.1, 0.15) is 65.1 Å². The molecule has 0 aliphatic heterocycles. The minimum atomic E-state index is -1.75. The molecule has 0 unspecified atom stereocenters. The second kappa shape index (κ2) is 9.49. The lowest BCUT2D eigenvalue weighted by Crippen LogP contribution is -2.34. The van der Waals surface area contributed by atoms with Gasteiger partial charge in [-0.25, -0.2) is 9.97 Å². The van der Waals surface area contributed by atoms with Crippen LogP contribution < -0.4 is 0 Å². The first-order valence-electron chi connectivity index (χ1n) is 11.7. The van der Waals surface area contributed by atoms with Crippen LogP contribution in [-0.2, 0) is 8.85 Å². The van der Waals surface area contributed by atoms with Crippen molar-refractivity contribution in [1.82, 2.24) is 9.97 Å². The minimum Gasteiger partial charge on any atom is -0.409 e. The van der Waals surface area contributed by atoms with Gasteiger partial charge in [-0.15, -0.1) is 0 Å². The average molecular weight is 473 g/mol. The highest BCUT2D eigenvalue weighted by Gasteiger charge is 2.34. The molecule has 0 aliphatic rings. The van der Waals surface area contributed by atoms with Crippen LogP contribution in [0.2, 0.25) is 39.3 Å². The average Bonchev–Trinajstić information content (AvgIpc) is 2.61. The van der Waals surface area contributed by atoms with E-state index >= 15 is 0 Å². The third-order valence-corrected chi connectivity index (χ3v) is 6.74. The normalized spacial score (nSPS) is 15.5. The summed E-state index contributed by atoms with van der Waals surface area (Å²) < 4.78 is 13.2. The van der Waals surface area contributed by atoms with Crippen LogP contribution >= 0.6 is 0 Å². The van der Waals surface area contributed by atoms with Crippen LogP contribution in [0.25, 0.3) is 11.4 Å². The first-order valence-corrected chi connectivity index (χ1v) is 18.5. The summed E-state index contributed by atoms with van der Waals surface area (Å²) in [6.07, 6.45) is -0.121. The molecule has 0 saturated carbocycles. The zero-order valence-electron chi connectivity index (χ0n) is 22.3. The number of rotatable bonds is 7. The van der Waals surface area contributed by atoms with E-state index in [1.807, 2.05) is 12.1 Å². The van der Waals surface area contributed by atoms with Crippen molar-refractivity contribution < 1.29 is 8.85 Å². The predicted octanol–water partition coefficient (Wildman–Crippen LogP) is 8.02. The fraction of sp³-hybridized carbons (Fsp3) is 0.615. The summed E-state index contributed by atoms with van der Waals surface area (Å²) in [5.74, 6) is 0. The fourth-order valence-electron chi connectivity index (χ4n) is 3.55.